The van der Waals surface area contributed by atoms with Gasteiger partial charge in [-0.3, -0.25) is 0 Å². The van der Waals surface area contributed by atoms with E-state index in [2.05, 4.69) is 21.1 Å². The lowest BCUT2D eigenvalue weighted by molar-refractivity contribution is 0.260. The first-order chi connectivity index (χ1) is 13.4. The Bertz CT molecular complexity index is 1130. The first-order valence-electron chi connectivity index (χ1n) is 9.47. The van der Waals surface area contributed by atoms with Gasteiger partial charge in [0.05, 0.1) is 0 Å². The summed E-state index contributed by atoms with van der Waals surface area (Å²) in [7, 11) is -3.64. The zero-order valence-electron chi connectivity index (χ0n) is 15.3. The van der Waals surface area contributed by atoms with E-state index in [9.17, 15) is 13.4 Å². The van der Waals surface area contributed by atoms with Crippen molar-refractivity contribution in [2.75, 3.05) is 11.9 Å². The number of nitrogens with zero attached hydrogens (tertiary/aromatic N) is 1. The first-order valence-corrected chi connectivity index (χ1v) is 11.9. The third-order valence-corrected chi connectivity index (χ3v) is 8.96. The van der Waals surface area contributed by atoms with Crippen molar-refractivity contribution in [3.8, 4) is 0 Å². The zero-order chi connectivity index (χ0) is 19.5. The molecule has 2 aromatic rings. The number of nitrogens with one attached hydrogen (secondary N) is 2. The Labute approximate surface area is 167 Å². The van der Waals surface area contributed by atoms with Crippen LogP contribution in [0.5, 0.6) is 0 Å². The Morgan fingerprint density at radius 2 is 1.96 bits per heavy atom. The van der Waals surface area contributed by atoms with Crippen molar-refractivity contribution in [2.45, 2.75) is 49.3 Å². The van der Waals surface area contributed by atoms with E-state index in [1.165, 1.54) is 11.1 Å². The van der Waals surface area contributed by atoms with Crippen LogP contribution in [-0.2, 0) is 48.6 Å². The molecule has 0 unspecified atom stereocenters. The van der Waals surface area contributed by atoms with E-state index in [4.69, 9.17) is 5.14 Å². The zero-order valence-corrected chi connectivity index (χ0v) is 16.9. The van der Waals surface area contributed by atoms with Crippen LogP contribution in [0.25, 0.3) is 0 Å². The highest BCUT2D eigenvalue weighted by atomic mass is 32.2. The largest absolute Gasteiger partial charge is 0.354 e. The fourth-order valence-electron chi connectivity index (χ4n) is 4.33. The summed E-state index contributed by atoms with van der Waals surface area (Å²) in [4.78, 5) is 13.4. The van der Waals surface area contributed by atoms with Crippen molar-refractivity contribution in [1.29, 1.82) is 0 Å². The first kappa shape index (κ1) is 18.2. The van der Waals surface area contributed by atoms with Gasteiger partial charge in [-0.05, 0) is 60.8 Å². The second kappa shape index (κ2) is 6.62. The molecule has 2 aliphatic carbocycles. The number of halogens is 1. The number of carbonyl (C=O) groups is 1. The molecule has 5 rings (SSSR count). The van der Waals surface area contributed by atoms with Crippen LogP contribution >= 0.6 is 11.3 Å². The van der Waals surface area contributed by atoms with Gasteiger partial charge in [0.25, 0.3) is 0 Å². The third-order valence-electron chi connectivity index (χ3n) is 5.79. The highest BCUT2D eigenvalue weighted by Crippen LogP contribution is 2.40. The van der Waals surface area contributed by atoms with Gasteiger partial charge >= 0.3 is 6.03 Å². The number of nitrogens with two attached hydrogens (primary N) is 1. The van der Waals surface area contributed by atoms with Crippen molar-refractivity contribution in [3.63, 3.8) is 0 Å². The van der Waals surface area contributed by atoms with Gasteiger partial charge in [-0.2, -0.15) is 0 Å². The molecule has 1 aliphatic heterocycles. The van der Waals surface area contributed by atoms with Crippen molar-refractivity contribution >= 4 is 33.0 Å². The van der Waals surface area contributed by atoms with E-state index in [0.29, 0.717) is 18.5 Å². The Kier molecular flexibility index (Phi) is 4.31. The lowest BCUT2D eigenvalue weighted by Gasteiger charge is -2.25. The minimum Gasteiger partial charge on any atom is -0.312 e. The van der Waals surface area contributed by atoms with Gasteiger partial charge < -0.3 is 10.6 Å². The molecule has 2 amide bonds. The number of thiophene rings is 1. The van der Waals surface area contributed by atoms with Crippen LogP contribution in [0.15, 0.2) is 14.6 Å². The van der Waals surface area contributed by atoms with E-state index in [0.717, 1.165) is 71.7 Å². The molecular weight excluding hydrogens is 399 g/mol. The molecule has 0 fully saturated rings. The normalized spacial score (nSPS) is 19.1. The Balaban J connectivity index is 1.48. The van der Waals surface area contributed by atoms with Crippen LogP contribution in [0.1, 0.15) is 39.1 Å². The highest BCUT2D eigenvalue weighted by Gasteiger charge is 2.29. The standard InChI is InChI=1S/C19H21FN4O2S2/c20-16-14-9-22-7-6-15(14)27-18(16)28(21,26)24-19(25)23-17-12-3-1-2-10(12)8-11-4-5-13(11)17/h8,22H,1-7,9H2,(H3,21,23,24,25,26)/t28-/m1/s1. The number of urea groups is 1. The fraction of sp³-hybridized carbons (Fsp3) is 0.421. The molecule has 4 N–H and O–H groups in total. The van der Waals surface area contributed by atoms with Gasteiger partial charge in [-0.25, -0.2) is 18.5 Å². The smallest absolute Gasteiger partial charge is 0.312 e. The van der Waals surface area contributed by atoms with E-state index >= 15 is 0 Å². The molecule has 6 nitrogen and oxygen atoms in total. The van der Waals surface area contributed by atoms with E-state index < -0.39 is 21.8 Å². The third kappa shape index (κ3) is 2.88. The lowest BCUT2D eigenvalue weighted by atomic mass is 9.83. The van der Waals surface area contributed by atoms with Crippen molar-refractivity contribution in [3.05, 3.63) is 44.6 Å². The predicted octanol–water partition coefficient (Wildman–Crippen LogP) is 3.05. The van der Waals surface area contributed by atoms with Crippen molar-refractivity contribution in [2.24, 2.45) is 9.50 Å². The van der Waals surface area contributed by atoms with Gasteiger partial charge in [0.2, 0.25) is 0 Å². The van der Waals surface area contributed by atoms with Crippen LogP contribution in [0.3, 0.4) is 0 Å². The number of anilines is 1. The average molecular weight is 421 g/mol. The monoisotopic (exact) mass is 420 g/mol. The second-order valence-corrected chi connectivity index (χ2v) is 10.6. The van der Waals surface area contributed by atoms with Gasteiger partial charge in [0.15, 0.2) is 19.9 Å². The minimum absolute atomic E-state index is 0.136. The molecule has 0 saturated carbocycles. The molecular formula is C19H21FN4O2S2. The topological polar surface area (TPSA) is 96.6 Å². The summed E-state index contributed by atoms with van der Waals surface area (Å²) in [5.74, 6) is -0.596. The van der Waals surface area contributed by atoms with Crippen LogP contribution in [0, 0.1) is 5.82 Å². The van der Waals surface area contributed by atoms with Crippen LogP contribution in [-0.4, -0.2) is 16.8 Å². The Morgan fingerprint density at radius 3 is 2.71 bits per heavy atom. The molecule has 148 valence electrons. The van der Waals surface area contributed by atoms with E-state index in [1.54, 1.807) is 0 Å². The summed E-state index contributed by atoms with van der Waals surface area (Å²) in [6, 6.07) is 1.46. The van der Waals surface area contributed by atoms with Gasteiger partial charge in [-0.15, -0.1) is 15.7 Å². The number of hydrogen-bond acceptors (Lipinski definition) is 4. The molecule has 0 saturated heterocycles. The summed E-state index contributed by atoms with van der Waals surface area (Å²) >= 11 is 1.06. The molecule has 0 spiro atoms. The SMILES string of the molecule is N[S@@](=O)(=NC(=O)Nc1c2c(cc3c1CC3)CCC2)c1sc2c(c1F)CNCC2. The number of benzene rings is 1. The Morgan fingerprint density at radius 1 is 1.18 bits per heavy atom. The fourth-order valence-corrected chi connectivity index (χ4v) is 6.91. The molecule has 3 aliphatic rings. The molecule has 2 heterocycles. The summed E-state index contributed by atoms with van der Waals surface area (Å²) in [6.45, 7) is 1.11. The summed E-state index contributed by atoms with van der Waals surface area (Å²) < 4.78 is 31.2. The number of rotatable bonds is 2. The van der Waals surface area contributed by atoms with Crippen molar-refractivity contribution < 1.29 is 13.4 Å². The predicted molar refractivity (Wildman–Crippen MR) is 108 cm³/mol. The van der Waals surface area contributed by atoms with E-state index in [-0.39, 0.29) is 4.21 Å². The number of aryl methyl sites for hydroxylation is 2. The molecule has 0 radical (unpaired) electrons. The molecule has 1 aromatic carbocycles. The summed E-state index contributed by atoms with van der Waals surface area (Å²) in [5.41, 5.74) is 6.10. The van der Waals surface area contributed by atoms with Gasteiger partial charge in [0, 0.05) is 29.2 Å². The van der Waals surface area contributed by atoms with Crippen LogP contribution in [0.2, 0.25) is 0 Å². The number of fused-ring (bicyclic) bond motifs is 3. The maximum Gasteiger partial charge on any atom is 0.354 e. The minimum atomic E-state index is -3.64. The number of amides is 2. The summed E-state index contributed by atoms with van der Waals surface area (Å²) in [5, 5.41) is 11.8. The molecule has 1 atom stereocenters. The molecule has 28 heavy (non-hydrogen) atoms. The average Bonchev–Trinajstić information content (AvgIpc) is 3.22. The number of carbonyl (C=O) groups excluding carboxylic acids is 1. The van der Waals surface area contributed by atoms with Gasteiger partial charge in [0.1, 0.15) is 0 Å². The quantitative estimate of drug-likeness (QED) is 0.697. The van der Waals surface area contributed by atoms with Crippen molar-refractivity contribution in [1.82, 2.24) is 5.32 Å². The maximum absolute atomic E-state index is 14.7. The van der Waals surface area contributed by atoms with Crippen LogP contribution < -0.4 is 15.8 Å². The van der Waals surface area contributed by atoms with E-state index in [1.807, 2.05) is 0 Å². The van der Waals surface area contributed by atoms with Crippen LogP contribution in [0.4, 0.5) is 14.9 Å². The summed E-state index contributed by atoms with van der Waals surface area (Å²) in [6.07, 6.45) is 5.56. The highest BCUT2D eigenvalue weighted by molar-refractivity contribution is 7.93. The number of hydrogen-bond donors (Lipinski definition) is 3. The Hall–Kier alpha value is -1.81. The molecule has 1 aromatic heterocycles. The molecule has 9 heteroatoms. The van der Waals surface area contributed by atoms with Gasteiger partial charge in [-0.1, -0.05) is 6.07 Å². The maximum atomic E-state index is 14.7. The lowest BCUT2D eigenvalue weighted by Crippen LogP contribution is -2.23. The second-order valence-electron chi connectivity index (χ2n) is 7.50. The molecule has 0 bridgehead atoms.